The summed E-state index contributed by atoms with van der Waals surface area (Å²) in [5.41, 5.74) is 14.2. The minimum Gasteiger partial charge on any atom is -0.489 e. The molecule has 16 rings (SSSR count). The summed E-state index contributed by atoms with van der Waals surface area (Å²) >= 11 is 0. The molecule has 2 atom stereocenters. The van der Waals surface area contributed by atoms with Crippen LogP contribution in [0, 0.1) is 27.7 Å². The first-order chi connectivity index (χ1) is 51.1. The number of fused-ring (bicyclic) bond motifs is 6. The molecule has 5 amide bonds. The lowest BCUT2D eigenvalue weighted by Crippen LogP contribution is -2.41. The molecule has 8 aliphatic heterocycles. The summed E-state index contributed by atoms with van der Waals surface area (Å²) in [6.45, 7) is 33.7. The van der Waals surface area contributed by atoms with Gasteiger partial charge in [0.25, 0.3) is 5.92 Å². The van der Waals surface area contributed by atoms with E-state index in [2.05, 4.69) is 128 Å². The number of pyridine rings is 1. The van der Waals surface area contributed by atoms with Crippen molar-refractivity contribution in [3.63, 3.8) is 0 Å². The minimum atomic E-state index is -3.23. The summed E-state index contributed by atoms with van der Waals surface area (Å²) in [5, 5.41) is 3.00. The normalized spacial score (nSPS) is 19.2. The number of nitrogens with zero attached hydrogens (tertiary/aromatic N) is 10. The maximum absolute atomic E-state index is 14.7. The van der Waals surface area contributed by atoms with E-state index in [9.17, 15) is 32.8 Å². The second-order valence-corrected chi connectivity index (χ2v) is 32.2. The van der Waals surface area contributed by atoms with Gasteiger partial charge in [-0.1, -0.05) is 102 Å². The molecule has 2 unspecified atom stereocenters. The zero-order chi connectivity index (χ0) is 77.4. The van der Waals surface area contributed by atoms with Gasteiger partial charge in [0.15, 0.2) is 6.29 Å². The highest BCUT2D eigenvalue weighted by Gasteiger charge is 2.50. The summed E-state index contributed by atoms with van der Waals surface area (Å²) in [6.07, 6.45) is 12.0. The lowest BCUT2D eigenvalue weighted by atomic mass is 9.81. The Balaban J connectivity index is 0.000000133. The van der Waals surface area contributed by atoms with Gasteiger partial charge in [-0.3, -0.25) is 24.0 Å². The van der Waals surface area contributed by atoms with Crippen molar-refractivity contribution in [2.45, 2.75) is 214 Å². The van der Waals surface area contributed by atoms with E-state index < -0.39 is 11.6 Å². The molecule has 5 aromatic carbocycles. The fourth-order valence-corrected chi connectivity index (χ4v) is 14.7. The fraction of sp³-hybridized carbons (Fsp3) is 0.442. The van der Waals surface area contributed by atoms with Crippen LogP contribution in [0.1, 0.15) is 192 Å². The summed E-state index contributed by atoms with van der Waals surface area (Å²) in [7, 11) is 0. The number of aryl methyl sites for hydroxylation is 4. The number of ether oxygens (including phenoxy) is 4. The Kier molecular flexibility index (Phi) is 22.4. The van der Waals surface area contributed by atoms with Crippen molar-refractivity contribution in [1.82, 2.24) is 24.9 Å². The van der Waals surface area contributed by atoms with Crippen LogP contribution >= 0.6 is 0 Å². The Morgan fingerprint density at radius 1 is 0.491 bits per heavy atom. The van der Waals surface area contributed by atoms with Crippen molar-refractivity contribution in [2.75, 3.05) is 62.7 Å². The highest BCUT2D eigenvalue weighted by molar-refractivity contribution is 6.00. The van der Waals surface area contributed by atoms with E-state index >= 15 is 0 Å². The van der Waals surface area contributed by atoms with Gasteiger partial charge in [-0.15, -0.1) is 0 Å². The van der Waals surface area contributed by atoms with E-state index in [0.29, 0.717) is 80.4 Å². The molecule has 568 valence electrons. The van der Waals surface area contributed by atoms with Crippen LogP contribution in [-0.4, -0.2) is 111 Å². The molecule has 6 saturated heterocycles. The van der Waals surface area contributed by atoms with Crippen LogP contribution < -0.4 is 39.3 Å². The Morgan fingerprint density at radius 2 is 1.01 bits per heavy atom. The van der Waals surface area contributed by atoms with Gasteiger partial charge in [-0.05, 0) is 187 Å². The molecule has 20 nitrogen and oxygen atoms in total. The standard InChI is InChI=1S/C27H25F2N5O3.C21H25NO.C17H23NO3.C11H12N2O2.C10H16N2/c1-27(28,29)25-20(16-4-7-18(8-5-16)33-12-2-3-23(33)35)14-30-26(32-25)31-17-6-10-22-21(13-17)34-19(15-37-22)9-11-24(34)36;1-15-7-12-18(19(14-15)21(2,3)4)16-8-10-17(11-9-16)22-13-5-6-20(22)23;1-16(2)17(3,4)21-15(20-16)12-7-9-13(10-8-12)18-11-5-6-14(18)19;1-7-4-9-11(12-5-7)15-6-8-2-3-10(14)13(8)9;1-7-6-11-8(2)12-9(7)10(3,4)5/h4-8,10,13-14,19H,2-3,9,11-12,15H2,1H3,(H,30,31,32);7-12,14H,5-6,13H2,1-4H3;7-10,15H,5-6,11H2,1-4H3;4-5,8H,2-3,6H2,1H3;6H,1-5H3. The highest BCUT2D eigenvalue weighted by Crippen LogP contribution is 2.47. The molecule has 1 N–H and O–H groups in total. The van der Waals surface area contributed by atoms with E-state index in [1.807, 2.05) is 92.8 Å². The summed E-state index contributed by atoms with van der Waals surface area (Å²) < 4.78 is 52.8. The number of hydrogen-bond donors (Lipinski definition) is 1. The molecule has 8 aromatic rings. The number of halogens is 2. The molecule has 6 fully saturated rings. The van der Waals surface area contributed by atoms with Crippen LogP contribution in [0.3, 0.4) is 0 Å². The number of benzene rings is 5. The van der Waals surface area contributed by atoms with Crippen molar-refractivity contribution in [1.29, 1.82) is 0 Å². The van der Waals surface area contributed by atoms with Gasteiger partial charge in [0.2, 0.25) is 41.4 Å². The molecule has 0 radical (unpaired) electrons. The van der Waals surface area contributed by atoms with Gasteiger partial charge in [0.05, 0.1) is 34.7 Å². The van der Waals surface area contributed by atoms with Gasteiger partial charge in [0.1, 0.15) is 36.2 Å². The third-order valence-electron chi connectivity index (χ3n) is 21.1. The molecule has 22 heteroatoms. The van der Waals surface area contributed by atoms with Crippen molar-refractivity contribution in [3.8, 4) is 33.9 Å². The third-order valence-corrected chi connectivity index (χ3v) is 21.1. The van der Waals surface area contributed by atoms with E-state index in [-0.39, 0.29) is 81.5 Å². The molecule has 0 spiro atoms. The summed E-state index contributed by atoms with van der Waals surface area (Å²) in [6, 6.07) is 37.4. The second kappa shape index (κ2) is 31.3. The monoisotopic (exact) mass is 1470 g/mol. The van der Waals surface area contributed by atoms with E-state index in [4.69, 9.17) is 18.9 Å². The Hall–Kier alpha value is -10.1. The minimum absolute atomic E-state index is 0.00569. The Morgan fingerprint density at radius 3 is 1.51 bits per heavy atom. The van der Waals surface area contributed by atoms with E-state index in [1.54, 1.807) is 58.5 Å². The number of carbonyl (C=O) groups excluding carboxylic acids is 5. The Bertz CT molecular complexity index is 4650. The second-order valence-electron chi connectivity index (χ2n) is 32.2. The van der Waals surface area contributed by atoms with Crippen LogP contribution in [0.15, 0.2) is 134 Å². The molecular formula is C86H101F2N11O9. The number of alkyl halides is 2. The molecule has 11 heterocycles. The first kappa shape index (κ1) is 77.6. The van der Waals surface area contributed by atoms with Crippen LogP contribution in [0.5, 0.6) is 11.6 Å². The first-order valence-electron chi connectivity index (χ1n) is 37.6. The largest absolute Gasteiger partial charge is 0.489 e. The zero-order valence-electron chi connectivity index (χ0n) is 64.9. The van der Waals surface area contributed by atoms with Crippen LogP contribution in [0.25, 0.3) is 22.3 Å². The van der Waals surface area contributed by atoms with Crippen molar-refractivity contribution in [2.24, 2.45) is 0 Å². The van der Waals surface area contributed by atoms with Gasteiger partial charge in [-0.2, -0.15) is 8.78 Å². The van der Waals surface area contributed by atoms with Crippen molar-refractivity contribution in [3.05, 3.63) is 179 Å². The van der Waals surface area contributed by atoms with Gasteiger partial charge < -0.3 is 48.8 Å². The van der Waals surface area contributed by atoms with Gasteiger partial charge in [0, 0.05) is 117 Å². The first-order valence-corrected chi connectivity index (χ1v) is 37.6. The lowest BCUT2D eigenvalue weighted by Gasteiger charge is -2.32. The molecule has 8 aliphatic rings. The quantitative estimate of drug-likeness (QED) is 0.142. The number of hydrogen-bond acceptors (Lipinski definition) is 15. The number of nitrogens with one attached hydrogen (secondary N) is 1. The number of amides is 5. The molecular weight excluding hydrogens is 1370 g/mol. The molecule has 108 heavy (non-hydrogen) atoms. The van der Waals surface area contributed by atoms with Gasteiger partial charge in [-0.25, -0.2) is 24.9 Å². The topological polar surface area (TPSA) is 215 Å². The van der Waals surface area contributed by atoms with Crippen LogP contribution in [0.4, 0.5) is 48.9 Å². The number of rotatable bonds is 9. The average Bonchev–Trinajstić information content (AvgIpc) is 1.56. The average molecular weight is 1470 g/mol. The van der Waals surface area contributed by atoms with Crippen molar-refractivity contribution < 1.29 is 51.7 Å². The number of aromatic nitrogens is 5. The fourth-order valence-electron chi connectivity index (χ4n) is 14.7. The van der Waals surface area contributed by atoms with Crippen LogP contribution in [0.2, 0.25) is 0 Å². The molecule has 0 bridgehead atoms. The molecule has 3 aromatic heterocycles. The number of carbonyl (C=O) groups is 5. The van der Waals surface area contributed by atoms with Gasteiger partial charge >= 0.3 is 0 Å². The smallest absolute Gasteiger partial charge is 0.287 e. The maximum Gasteiger partial charge on any atom is 0.287 e. The SMILES string of the molecule is CC(F)(F)c1nc(Nc2ccc3c(c2)N2C(=O)CCC2CO3)ncc1-c1ccc(N2CCCC2=O)cc1.CC1(C)OC(c2ccc(N3CCCC3=O)cc2)OC1(C)C.Cc1ccc(-c2ccc(N3CCCC3=O)cc2)c(C(C)(C)C)c1.Cc1cnc2c(c1)N1C(=O)CCC1CO2.Cc1ncc(C)c(C(C)(C)C)n1. The predicted octanol–water partition coefficient (Wildman–Crippen LogP) is 17.2. The van der Waals surface area contributed by atoms with Crippen molar-refractivity contribution >= 4 is 69.6 Å². The van der Waals surface area contributed by atoms with E-state index in [1.165, 1.54) is 34.0 Å². The van der Waals surface area contributed by atoms with E-state index in [0.717, 1.165) is 97.5 Å². The predicted molar refractivity (Wildman–Crippen MR) is 418 cm³/mol. The Labute approximate surface area is 633 Å². The summed E-state index contributed by atoms with van der Waals surface area (Å²) in [4.78, 5) is 90.1. The third kappa shape index (κ3) is 17.2. The number of anilines is 7. The van der Waals surface area contributed by atoms with Crippen LogP contribution in [-0.2, 0) is 50.2 Å². The zero-order valence-corrected chi connectivity index (χ0v) is 64.9. The lowest BCUT2D eigenvalue weighted by molar-refractivity contribution is -0.118. The molecule has 0 aliphatic carbocycles. The summed E-state index contributed by atoms with van der Waals surface area (Å²) in [5.74, 6) is -0.423. The molecule has 0 saturated carbocycles. The maximum atomic E-state index is 14.7. The highest BCUT2D eigenvalue weighted by atomic mass is 19.3.